The minimum atomic E-state index is 0.116. The van der Waals surface area contributed by atoms with E-state index in [0.29, 0.717) is 13.2 Å². The zero-order valence-corrected chi connectivity index (χ0v) is 18.0. The molecule has 3 aromatic rings. The Balaban J connectivity index is 1.52. The number of methoxy groups -OCH3 is 2. The number of fused-ring (bicyclic) bond motifs is 2. The molecule has 6 nitrogen and oxygen atoms in total. The Kier molecular flexibility index (Phi) is 5.47. The third-order valence-corrected chi connectivity index (χ3v) is 6.07. The molecule has 3 heterocycles. The average molecular weight is 421 g/mol. The first-order valence-electron chi connectivity index (χ1n) is 10.8. The van der Waals surface area contributed by atoms with Crippen molar-refractivity contribution in [1.82, 2.24) is 9.47 Å². The maximum Gasteiger partial charge on any atom is 0.161 e. The molecule has 1 unspecified atom stereocenters. The van der Waals surface area contributed by atoms with E-state index >= 15 is 0 Å². The van der Waals surface area contributed by atoms with Crippen LogP contribution in [0, 0.1) is 0 Å². The largest absolute Gasteiger partial charge is 0.493 e. The minimum Gasteiger partial charge on any atom is -0.493 e. The Labute approximate surface area is 182 Å². The maximum atomic E-state index is 5.81. The van der Waals surface area contributed by atoms with E-state index in [-0.39, 0.29) is 6.04 Å². The highest BCUT2D eigenvalue weighted by atomic mass is 16.6. The van der Waals surface area contributed by atoms with E-state index < -0.39 is 0 Å². The molecule has 0 amide bonds. The number of aryl methyl sites for hydroxylation is 1. The summed E-state index contributed by atoms with van der Waals surface area (Å²) in [4.78, 5) is 2.53. The first-order valence-corrected chi connectivity index (χ1v) is 10.8. The van der Waals surface area contributed by atoms with E-state index in [0.717, 1.165) is 49.1 Å². The van der Waals surface area contributed by atoms with Crippen LogP contribution in [-0.2, 0) is 13.1 Å². The molecule has 0 N–H and O–H groups in total. The van der Waals surface area contributed by atoms with Gasteiger partial charge in [0.25, 0.3) is 0 Å². The number of aromatic nitrogens is 1. The van der Waals surface area contributed by atoms with Gasteiger partial charge in [-0.3, -0.25) is 4.90 Å². The van der Waals surface area contributed by atoms with Gasteiger partial charge in [-0.05, 0) is 53.9 Å². The van der Waals surface area contributed by atoms with E-state index in [4.69, 9.17) is 18.9 Å². The molecule has 162 valence electrons. The van der Waals surface area contributed by atoms with Gasteiger partial charge in [0.05, 0.1) is 20.3 Å². The van der Waals surface area contributed by atoms with Gasteiger partial charge in [-0.1, -0.05) is 12.1 Å². The van der Waals surface area contributed by atoms with E-state index in [2.05, 4.69) is 52.1 Å². The molecule has 6 heteroatoms. The maximum absolute atomic E-state index is 5.81. The summed E-state index contributed by atoms with van der Waals surface area (Å²) >= 11 is 0. The lowest BCUT2D eigenvalue weighted by Gasteiger charge is -2.31. The fourth-order valence-corrected chi connectivity index (χ4v) is 4.63. The Morgan fingerprint density at radius 3 is 2.58 bits per heavy atom. The molecule has 0 aliphatic carbocycles. The average Bonchev–Trinajstić information content (AvgIpc) is 3.20. The van der Waals surface area contributed by atoms with Crippen LogP contribution in [0.1, 0.15) is 29.3 Å². The smallest absolute Gasteiger partial charge is 0.161 e. The highest BCUT2D eigenvalue weighted by Gasteiger charge is 2.28. The van der Waals surface area contributed by atoms with Gasteiger partial charge in [0, 0.05) is 31.5 Å². The van der Waals surface area contributed by atoms with Gasteiger partial charge in [0.1, 0.15) is 13.2 Å². The Hall–Kier alpha value is -3.12. The highest BCUT2D eigenvalue weighted by Crippen LogP contribution is 2.38. The topological polar surface area (TPSA) is 45.1 Å². The van der Waals surface area contributed by atoms with Crippen molar-refractivity contribution in [2.24, 2.45) is 0 Å². The predicted molar refractivity (Wildman–Crippen MR) is 118 cm³/mol. The normalized spacial score (nSPS) is 18.2. The third kappa shape index (κ3) is 3.83. The van der Waals surface area contributed by atoms with Gasteiger partial charge in [-0.25, -0.2) is 0 Å². The van der Waals surface area contributed by atoms with Crippen molar-refractivity contribution < 1.29 is 18.9 Å². The zero-order valence-electron chi connectivity index (χ0n) is 18.0. The summed E-state index contributed by atoms with van der Waals surface area (Å²) in [6, 6.07) is 17.0. The SMILES string of the molecule is COc1ccc(C2c3cccn3CCCN2Cc2ccc3c(c2)OCCO3)cc1OC. The number of nitrogens with zero attached hydrogens (tertiary/aromatic N) is 2. The first-order chi connectivity index (χ1) is 15.3. The molecule has 2 aliphatic rings. The summed E-state index contributed by atoms with van der Waals surface area (Å²) in [5.74, 6) is 3.16. The summed E-state index contributed by atoms with van der Waals surface area (Å²) < 4.78 is 24.9. The van der Waals surface area contributed by atoms with Crippen LogP contribution in [0.5, 0.6) is 23.0 Å². The van der Waals surface area contributed by atoms with Gasteiger partial charge in [0.15, 0.2) is 23.0 Å². The fourth-order valence-electron chi connectivity index (χ4n) is 4.63. The summed E-state index contributed by atoms with van der Waals surface area (Å²) in [5.41, 5.74) is 3.70. The van der Waals surface area contributed by atoms with Gasteiger partial charge in [0.2, 0.25) is 0 Å². The lowest BCUT2D eigenvalue weighted by molar-refractivity contribution is 0.170. The Bertz CT molecular complexity index is 1060. The van der Waals surface area contributed by atoms with Crippen molar-refractivity contribution in [3.8, 4) is 23.0 Å². The Morgan fingerprint density at radius 1 is 0.903 bits per heavy atom. The van der Waals surface area contributed by atoms with Crippen molar-refractivity contribution in [3.63, 3.8) is 0 Å². The summed E-state index contributed by atoms with van der Waals surface area (Å²) in [6.45, 7) is 4.04. The third-order valence-electron chi connectivity index (χ3n) is 6.07. The second-order valence-corrected chi connectivity index (χ2v) is 7.95. The van der Waals surface area contributed by atoms with Crippen LogP contribution in [-0.4, -0.2) is 43.4 Å². The summed E-state index contributed by atoms with van der Waals surface area (Å²) in [7, 11) is 3.35. The van der Waals surface area contributed by atoms with Gasteiger partial charge >= 0.3 is 0 Å². The lowest BCUT2D eigenvalue weighted by atomic mass is 10.00. The molecule has 1 aromatic heterocycles. The lowest BCUT2D eigenvalue weighted by Crippen LogP contribution is -2.29. The second-order valence-electron chi connectivity index (χ2n) is 7.95. The number of hydrogen-bond donors (Lipinski definition) is 0. The van der Waals surface area contributed by atoms with Crippen LogP contribution in [0.4, 0.5) is 0 Å². The van der Waals surface area contributed by atoms with Crippen molar-refractivity contribution in [2.45, 2.75) is 25.6 Å². The van der Waals surface area contributed by atoms with Crippen molar-refractivity contribution in [1.29, 1.82) is 0 Å². The second kappa shape index (κ2) is 8.55. The standard InChI is InChI=1S/C25H28N2O4/c1-28-21-9-7-19(16-23(21)29-2)25-20-5-3-10-26(20)11-4-12-27(25)17-18-6-8-22-24(15-18)31-14-13-30-22/h3,5-10,15-16,25H,4,11-14,17H2,1-2H3. The van der Waals surface area contributed by atoms with Gasteiger partial charge in [-0.2, -0.15) is 0 Å². The molecule has 0 bridgehead atoms. The first kappa shape index (κ1) is 19.8. The summed E-state index contributed by atoms with van der Waals surface area (Å²) in [6.07, 6.45) is 3.27. The molecule has 31 heavy (non-hydrogen) atoms. The molecular weight excluding hydrogens is 392 g/mol. The number of benzene rings is 2. The molecule has 0 saturated heterocycles. The van der Waals surface area contributed by atoms with Crippen LogP contribution in [0.2, 0.25) is 0 Å². The molecule has 0 fully saturated rings. The number of ether oxygens (including phenoxy) is 4. The monoisotopic (exact) mass is 420 g/mol. The number of rotatable bonds is 5. The minimum absolute atomic E-state index is 0.116. The van der Waals surface area contributed by atoms with Crippen LogP contribution in [0.25, 0.3) is 0 Å². The van der Waals surface area contributed by atoms with Gasteiger partial charge in [-0.15, -0.1) is 0 Å². The quantitative estimate of drug-likeness (QED) is 0.617. The molecule has 2 aromatic carbocycles. The predicted octanol–water partition coefficient (Wildman–Crippen LogP) is 4.27. The molecule has 2 aliphatic heterocycles. The van der Waals surface area contributed by atoms with Crippen LogP contribution in [0.3, 0.4) is 0 Å². The zero-order chi connectivity index (χ0) is 21.2. The fraction of sp³-hybridized carbons (Fsp3) is 0.360. The number of hydrogen-bond acceptors (Lipinski definition) is 5. The molecule has 0 spiro atoms. The van der Waals surface area contributed by atoms with Crippen molar-refractivity contribution in [3.05, 3.63) is 71.5 Å². The molecule has 0 saturated carbocycles. The van der Waals surface area contributed by atoms with E-state index in [9.17, 15) is 0 Å². The van der Waals surface area contributed by atoms with Crippen LogP contribution >= 0.6 is 0 Å². The van der Waals surface area contributed by atoms with Gasteiger partial charge < -0.3 is 23.5 Å². The molecule has 5 rings (SSSR count). The molecular formula is C25H28N2O4. The molecule has 1 atom stereocenters. The van der Waals surface area contributed by atoms with E-state index in [1.54, 1.807) is 14.2 Å². The van der Waals surface area contributed by atoms with Crippen molar-refractivity contribution in [2.75, 3.05) is 34.0 Å². The molecule has 0 radical (unpaired) electrons. The van der Waals surface area contributed by atoms with E-state index in [1.165, 1.54) is 16.8 Å². The van der Waals surface area contributed by atoms with Crippen molar-refractivity contribution >= 4 is 0 Å². The van der Waals surface area contributed by atoms with E-state index in [1.807, 2.05) is 12.1 Å². The summed E-state index contributed by atoms with van der Waals surface area (Å²) in [5, 5.41) is 0. The highest BCUT2D eigenvalue weighted by molar-refractivity contribution is 5.46. The van der Waals surface area contributed by atoms with Crippen LogP contribution in [0.15, 0.2) is 54.7 Å². The van der Waals surface area contributed by atoms with Crippen LogP contribution < -0.4 is 18.9 Å². The Morgan fingerprint density at radius 2 is 1.74 bits per heavy atom.